The van der Waals surface area contributed by atoms with Gasteiger partial charge >= 0.3 is 6.03 Å². The van der Waals surface area contributed by atoms with E-state index < -0.39 is 6.04 Å². The van der Waals surface area contributed by atoms with E-state index in [9.17, 15) is 4.79 Å². The third-order valence-electron chi connectivity index (χ3n) is 6.18. The number of carbonyl (C=O) groups excluding carboxylic acids is 1. The Hall–Kier alpha value is -4.04. The van der Waals surface area contributed by atoms with Gasteiger partial charge in [0.1, 0.15) is 5.75 Å². The molecule has 1 N–H and O–H groups in total. The van der Waals surface area contributed by atoms with E-state index in [-0.39, 0.29) is 6.03 Å². The molecule has 5 rings (SSSR count). The summed E-state index contributed by atoms with van der Waals surface area (Å²) < 4.78 is 11.1. The topological polar surface area (TPSA) is 80.5 Å². The maximum absolute atomic E-state index is 13.4. The van der Waals surface area contributed by atoms with Gasteiger partial charge < -0.3 is 14.6 Å². The van der Waals surface area contributed by atoms with Crippen molar-refractivity contribution in [3.63, 3.8) is 0 Å². The number of allylic oxidation sites excluding steroid dienone is 1. The minimum atomic E-state index is -0.478. The first-order chi connectivity index (χ1) is 17.5. The minimum absolute atomic E-state index is 0.228. The Bertz CT molecular complexity index is 1450. The fourth-order valence-corrected chi connectivity index (χ4v) is 4.81. The first kappa shape index (κ1) is 23.7. The summed E-state index contributed by atoms with van der Waals surface area (Å²) in [5, 5.41) is 7.41. The van der Waals surface area contributed by atoms with Gasteiger partial charge in [0.05, 0.1) is 24.4 Å². The number of ether oxygens (including phenoxy) is 1. The van der Waals surface area contributed by atoms with Crippen LogP contribution in [0.1, 0.15) is 30.0 Å². The van der Waals surface area contributed by atoms with Crippen LogP contribution in [-0.4, -0.2) is 29.5 Å². The Morgan fingerprint density at radius 1 is 1.03 bits per heavy atom. The molecule has 2 amide bonds. The maximum atomic E-state index is 13.4. The molecule has 7 nitrogen and oxygen atoms in total. The number of aromatic nitrogens is 2. The minimum Gasteiger partial charge on any atom is -0.497 e. The van der Waals surface area contributed by atoms with E-state index in [1.165, 1.54) is 0 Å². The lowest BCUT2D eigenvalue weighted by atomic mass is 9.94. The van der Waals surface area contributed by atoms with Gasteiger partial charge in [-0.15, -0.1) is 11.8 Å². The van der Waals surface area contributed by atoms with Crippen molar-refractivity contribution < 1.29 is 14.1 Å². The van der Waals surface area contributed by atoms with Gasteiger partial charge in [0.15, 0.2) is 0 Å². The second kappa shape index (κ2) is 9.91. The fourth-order valence-electron chi connectivity index (χ4n) is 4.36. The quantitative estimate of drug-likeness (QED) is 0.307. The number of urea groups is 1. The van der Waals surface area contributed by atoms with Gasteiger partial charge in [-0.1, -0.05) is 47.1 Å². The van der Waals surface area contributed by atoms with E-state index in [1.54, 1.807) is 23.8 Å². The smallest absolute Gasteiger partial charge is 0.326 e. The molecule has 182 valence electrons. The zero-order valence-electron chi connectivity index (χ0n) is 20.5. The van der Waals surface area contributed by atoms with Crippen LogP contribution in [0.3, 0.4) is 0 Å². The average molecular weight is 499 g/mol. The zero-order chi connectivity index (χ0) is 25.2. The van der Waals surface area contributed by atoms with Gasteiger partial charge in [-0.3, -0.25) is 4.90 Å². The lowest BCUT2D eigenvalue weighted by molar-refractivity contribution is 0.244. The first-order valence-electron chi connectivity index (χ1n) is 11.5. The number of carbonyl (C=O) groups is 1. The molecule has 0 bridgehead atoms. The Balaban J connectivity index is 1.65. The van der Waals surface area contributed by atoms with Gasteiger partial charge in [-0.25, -0.2) is 4.79 Å². The van der Waals surface area contributed by atoms with E-state index in [1.807, 2.05) is 92.9 Å². The number of benzene rings is 3. The highest BCUT2D eigenvalue weighted by Crippen LogP contribution is 2.40. The molecule has 8 heteroatoms. The van der Waals surface area contributed by atoms with Crippen LogP contribution in [0.5, 0.6) is 5.75 Å². The Labute approximate surface area is 214 Å². The van der Waals surface area contributed by atoms with Gasteiger partial charge in [-0.05, 0) is 62.1 Å². The van der Waals surface area contributed by atoms with E-state index in [0.29, 0.717) is 11.7 Å². The van der Waals surface area contributed by atoms with E-state index in [2.05, 4.69) is 10.5 Å². The number of hydrogen-bond acceptors (Lipinski definition) is 6. The van der Waals surface area contributed by atoms with Crippen molar-refractivity contribution in [1.82, 2.24) is 15.5 Å². The van der Waals surface area contributed by atoms with Crippen molar-refractivity contribution in [1.29, 1.82) is 0 Å². The molecule has 0 saturated heterocycles. The molecule has 1 unspecified atom stereocenters. The van der Waals surface area contributed by atoms with E-state index >= 15 is 0 Å². The molecule has 36 heavy (non-hydrogen) atoms. The highest BCUT2D eigenvalue weighted by atomic mass is 32.2. The fraction of sp³-hybridized carbons (Fsp3) is 0.179. The molecule has 1 atom stereocenters. The lowest BCUT2D eigenvalue weighted by Crippen LogP contribution is -2.46. The molecule has 4 aromatic rings. The van der Waals surface area contributed by atoms with Gasteiger partial charge in [0, 0.05) is 16.2 Å². The van der Waals surface area contributed by atoms with Gasteiger partial charge in [-0.2, -0.15) is 4.98 Å². The predicted molar refractivity (Wildman–Crippen MR) is 142 cm³/mol. The molecule has 0 aliphatic carbocycles. The highest BCUT2D eigenvalue weighted by molar-refractivity contribution is 7.98. The normalized spacial score (nSPS) is 15.7. The molecule has 3 aromatic carbocycles. The SMILES string of the molecule is COc1ccc(C2NC(=O)N(c3cccc(SC)c3)C(C)=C2c2nc(-c3cccc(C)c3)no2)cc1. The van der Waals surface area contributed by atoms with Crippen molar-refractivity contribution in [2.75, 3.05) is 18.3 Å². The maximum Gasteiger partial charge on any atom is 0.326 e. The van der Waals surface area contributed by atoms with Crippen LogP contribution < -0.4 is 15.0 Å². The van der Waals surface area contributed by atoms with Crippen LogP contribution in [0.4, 0.5) is 10.5 Å². The molecule has 1 aliphatic rings. The van der Waals surface area contributed by atoms with Crippen molar-refractivity contribution in [2.45, 2.75) is 24.8 Å². The molecule has 2 heterocycles. The Kier molecular flexibility index (Phi) is 6.52. The number of thioether (sulfide) groups is 1. The molecule has 1 aromatic heterocycles. The van der Waals surface area contributed by atoms with Gasteiger partial charge in [0.2, 0.25) is 5.82 Å². The van der Waals surface area contributed by atoms with Crippen LogP contribution in [0.15, 0.2) is 87.9 Å². The van der Waals surface area contributed by atoms with Crippen molar-refractivity contribution in [2.24, 2.45) is 0 Å². The van der Waals surface area contributed by atoms with Crippen LogP contribution in [0.25, 0.3) is 17.0 Å². The van der Waals surface area contributed by atoms with Gasteiger partial charge in [0.25, 0.3) is 5.89 Å². The van der Waals surface area contributed by atoms with E-state index in [4.69, 9.17) is 14.2 Å². The molecular weight excluding hydrogens is 472 g/mol. The van der Waals surface area contributed by atoms with Crippen molar-refractivity contribution >= 4 is 29.1 Å². The van der Waals surface area contributed by atoms with Crippen LogP contribution >= 0.6 is 11.8 Å². The van der Waals surface area contributed by atoms with Crippen molar-refractivity contribution in [3.05, 3.63) is 95.5 Å². The summed E-state index contributed by atoms with van der Waals surface area (Å²) in [5.74, 6) is 1.59. The number of rotatable bonds is 6. The zero-order valence-corrected chi connectivity index (χ0v) is 21.3. The predicted octanol–water partition coefficient (Wildman–Crippen LogP) is 6.48. The first-order valence-corrected chi connectivity index (χ1v) is 12.7. The second-order valence-electron chi connectivity index (χ2n) is 8.48. The number of anilines is 1. The molecule has 0 radical (unpaired) electrons. The third kappa shape index (κ3) is 4.47. The molecule has 0 saturated carbocycles. The third-order valence-corrected chi connectivity index (χ3v) is 6.90. The summed E-state index contributed by atoms with van der Waals surface area (Å²) in [6.45, 7) is 3.93. The van der Waals surface area contributed by atoms with Crippen molar-refractivity contribution in [3.8, 4) is 17.1 Å². The summed E-state index contributed by atoms with van der Waals surface area (Å²) >= 11 is 1.62. The lowest BCUT2D eigenvalue weighted by Gasteiger charge is -2.35. The molecule has 0 fully saturated rings. The summed E-state index contributed by atoms with van der Waals surface area (Å²) in [6.07, 6.45) is 2.01. The van der Waals surface area contributed by atoms with Crippen LogP contribution in [0.2, 0.25) is 0 Å². The van der Waals surface area contributed by atoms with Crippen LogP contribution in [-0.2, 0) is 0 Å². The summed E-state index contributed by atoms with van der Waals surface area (Å²) in [7, 11) is 1.62. The highest BCUT2D eigenvalue weighted by Gasteiger charge is 2.36. The van der Waals surface area contributed by atoms with Crippen LogP contribution in [0, 0.1) is 6.92 Å². The number of nitrogens with zero attached hydrogens (tertiary/aromatic N) is 3. The Morgan fingerprint density at radius 2 is 1.81 bits per heavy atom. The number of hydrogen-bond donors (Lipinski definition) is 1. The summed E-state index contributed by atoms with van der Waals surface area (Å²) in [6, 6.07) is 22.7. The number of methoxy groups -OCH3 is 1. The molecular formula is C28H26N4O3S. The Morgan fingerprint density at radius 3 is 2.53 bits per heavy atom. The standard InChI is InChI=1S/C28H26N4O3S/c1-17-7-5-8-20(15-17)26-30-27(35-31-26)24-18(2)32(21-9-6-10-23(16-21)36-4)28(33)29-25(24)19-11-13-22(34-3)14-12-19/h5-16,25H,1-4H3,(H,29,33). The average Bonchev–Trinajstić information content (AvgIpc) is 3.38. The second-order valence-corrected chi connectivity index (χ2v) is 9.36. The summed E-state index contributed by atoms with van der Waals surface area (Å²) in [4.78, 5) is 20.9. The van der Waals surface area contributed by atoms with E-state index in [0.717, 1.165) is 44.3 Å². The molecule has 1 aliphatic heterocycles. The number of aryl methyl sites for hydroxylation is 1. The largest absolute Gasteiger partial charge is 0.497 e. The number of nitrogens with one attached hydrogen (secondary N) is 1. The monoisotopic (exact) mass is 498 g/mol. The summed E-state index contributed by atoms with van der Waals surface area (Å²) in [5.41, 5.74) is 5.08. The molecule has 0 spiro atoms. The number of amides is 2.